The molecule has 8 heteroatoms. The van der Waals surface area contributed by atoms with E-state index in [0.717, 1.165) is 11.5 Å². The van der Waals surface area contributed by atoms with E-state index in [9.17, 15) is 15.2 Å². The van der Waals surface area contributed by atoms with Gasteiger partial charge in [-0.05, 0) is 31.2 Å². The number of fused-ring (bicyclic) bond motifs is 1. The van der Waals surface area contributed by atoms with Gasteiger partial charge in [0.05, 0.1) is 4.92 Å². The fourth-order valence-corrected chi connectivity index (χ4v) is 2.74. The van der Waals surface area contributed by atoms with Crippen molar-refractivity contribution in [1.29, 1.82) is 0 Å². The van der Waals surface area contributed by atoms with Gasteiger partial charge in [-0.1, -0.05) is 12.1 Å². The highest BCUT2D eigenvalue weighted by Gasteiger charge is 2.28. The van der Waals surface area contributed by atoms with Crippen molar-refractivity contribution in [2.45, 2.75) is 25.2 Å². The number of aliphatic hydroxyl groups excluding tert-OH is 1. The zero-order chi connectivity index (χ0) is 19.2. The first-order valence-corrected chi connectivity index (χ1v) is 8.80. The van der Waals surface area contributed by atoms with Gasteiger partial charge in [-0.3, -0.25) is 10.1 Å². The van der Waals surface area contributed by atoms with E-state index in [1.54, 1.807) is 0 Å². The predicted octanol–water partition coefficient (Wildman–Crippen LogP) is 1.13. The maximum Gasteiger partial charge on any atom is 0.269 e. The van der Waals surface area contributed by atoms with Gasteiger partial charge in [-0.15, -0.1) is 0 Å². The Bertz CT molecular complexity index is 767. The molecular formula is C19H23N2O6+. The van der Waals surface area contributed by atoms with Gasteiger partial charge in [0, 0.05) is 12.1 Å². The summed E-state index contributed by atoms with van der Waals surface area (Å²) >= 11 is 0. The number of nitro benzene ring substituents is 1. The van der Waals surface area contributed by atoms with Crippen molar-refractivity contribution >= 4 is 5.69 Å². The number of hydrogen-bond donors (Lipinski definition) is 2. The van der Waals surface area contributed by atoms with Gasteiger partial charge in [0.15, 0.2) is 17.6 Å². The van der Waals surface area contributed by atoms with Gasteiger partial charge in [-0.2, -0.15) is 0 Å². The number of non-ortho nitro benzene ring substituents is 1. The summed E-state index contributed by atoms with van der Waals surface area (Å²) in [7, 11) is 0. The largest absolute Gasteiger partial charge is 0.491 e. The fourth-order valence-electron chi connectivity index (χ4n) is 2.74. The summed E-state index contributed by atoms with van der Waals surface area (Å²) in [6, 6.07) is 13.4. The summed E-state index contributed by atoms with van der Waals surface area (Å²) < 4.78 is 17.2. The molecule has 0 radical (unpaired) electrons. The van der Waals surface area contributed by atoms with E-state index >= 15 is 0 Å². The smallest absolute Gasteiger partial charge is 0.269 e. The molecule has 0 spiro atoms. The number of ether oxygens (including phenoxy) is 3. The van der Waals surface area contributed by atoms with Crippen LogP contribution in [-0.2, 0) is 0 Å². The second-order valence-electron chi connectivity index (χ2n) is 6.46. The van der Waals surface area contributed by atoms with E-state index in [0.29, 0.717) is 18.9 Å². The lowest BCUT2D eigenvalue weighted by molar-refractivity contribution is -0.698. The van der Waals surface area contributed by atoms with Gasteiger partial charge >= 0.3 is 0 Å². The average Bonchev–Trinajstić information content (AvgIpc) is 2.70. The first-order valence-electron chi connectivity index (χ1n) is 8.80. The number of benzene rings is 2. The minimum absolute atomic E-state index is 0.00123. The highest BCUT2D eigenvalue weighted by Crippen LogP contribution is 2.31. The zero-order valence-electron chi connectivity index (χ0n) is 15.0. The van der Waals surface area contributed by atoms with Crippen LogP contribution in [-0.4, -0.2) is 48.0 Å². The van der Waals surface area contributed by atoms with Crippen LogP contribution in [0.2, 0.25) is 0 Å². The Hall–Kier alpha value is -2.84. The van der Waals surface area contributed by atoms with Gasteiger partial charge in [0.2, 0.25) is 0 Å². The van der Waals surface area contributed by atoms with Crippen molar-refractivity contribution in [3.63, 3.8) is 0 Å². The fraction of sp³-hybridized carbons (Fsp3) is 0.368. The molecule has 1 aliphatic heterocycles. The Morgan fingerprint density at radius 2 is 1.96 bits per heavy atom. The minimum Gasteiger partial charge on any atom is -0.491 e. The summed E-state index contributed by atoms with van der Waals surface area (Å²) in [5.41, 5.74) is 0.00123. The van der Waals surface area contributed by atoms with Gasteiger partial charge in [0.25, 0.3) is 5.69 Å². The Labute approximate surface area is 156 Å². The molecule has 27 heavy (non-hydrogen) atoms. The van der Waals surface area contributed by atoms with E-state index in [2.05, 4.69) is 0 Å². The van der Waals surface area contributed by atoms with Crippen LogP contribution in [0.5, 0.6) is 17.2 Å². The molecule has 0 saturated heterocycles. The number of rotatable bonds is 8. The first kappa shape index (κ1) is 18.9. The van der Waals surface area contributed by atoms with Crippen LogP contribution in [0.4, 0.5) is 5.69 Å². The third-order valence-electron chi connectivity index (χ3n) is 4.39. The maximum absolute atomic E-state index is 10.6. The highest BCUT2D eigenvalue weighted by molar-refractivity contribution is 5.40. The monoisotopic (exact) mass is 375 g/mol. The lowest BCUT2D eigenvalue weighted by Crippen LogP contribution is -2.94. The first-order chi connectivity index (χ1) is 13.0. The zero-order valence-corrected chi connectivity index (χ0v) is 15.0. The third-order valence-corrected chi connectivity index (χ3v) is 4.39. The van der Waals surface area contributed by atoms with E-state index in [-0.39, 0.29) is 24.4 Å². The molecule has 0 bridgehead atoms. The number of hydrogen-bond acceptors (Lipinski definition) is 6. The average molecular weight is 375 g/mol. The molecule has 1 aliphatic rings. The molecular weight excluding hydrogens is 352 g/mol. The minimum atomic E-state index is -0.681. The van der Waals surface area contributed by atoms with Crippen LogP contribution in [0.15, 0.2) is 48.5 Å². The second kappa shape index (κ2) is 8.70. The molecule has 0 aromatic heterocycles. The van der Waals surface area contributed by atoms with Crippen LogP contribution < -0.4 is 19.5 Å². The second-order valence-corrected chi connectivity index (χ2v) is 6.46. The van der Waals surface area contributed by atoms with Gasteiger partial charge < -0.3 is 24.6 Å². The topological polar surface area (TPSA) is 108 Å². The van der Waals surface area contributed by atoms with Crippen LogP contribution in [0.1, 0.15) is 6.92 Å². The molecule has 3 N–H and O–H groups in total. The van der Waals surface area contributed by atoms with Crippen LogP contribution in [0.3, 0.4) is 0 Å². The normalized spacial score (nSPS) is 17.8. The number of nitrogens with two attached hydrogens (primary N) is 1. The van der Waals surface area contributed by atoms with E-state index in [1.165, 1.54) is 24.3 Å². The molecule has 0 aliphatic carbocycles. The molecule has 2 aromatic carbocycles. The maximum atomic E-state index is 10.6. The van der Waals surface area contributed by atoms with E-state index in [1.807, 2.05) is 36.5 Å². The Kier molecular flexibility index (Phi) is 6.10. The Morgan fingerprint density at radius 3 is 2.67 bits per heavy atom. The lowest BCUT2D eigenvalue weighted by atomic mass is 10.1. The molecule has 0 fully saturated rings. The summed E-state index contributed by atoms with van der Waals surface area (Å²) in [6.45, 7) is 3.03. The van der Waals surface area contributed by atoms with Crippen molar-refractivity contribution < 1.29 is 29.6 Å². The molecule has 1 heterocycles. The number of quaternary nitrogens is 1. The van der Waals surface area contributed by atoms with Crippen LogP contribution >= 0.6 is 0 Å². The Balaban J connectivity index is 1.41. The van der Waals surface area contributed by atoms with Crippen molar-refractivity contribution in [3.05, 3.63) is 58.6 Å². The SMILES string of the molecule is C[C@H]([NH2+]C[C@H](O)COc1ccc([N+](=O)[O-])cc1)[C@H]1COc2ccccc2O1. The molecule has 0 amide bonds. The Morgan fingerprint density at radius 1 is 1.26 bits per heavy atom. The number of para-hydroxylation sites is 2. The summed E-state index contributed by atoms with van der Waals surface area (Å²) in [5.74, 6) is 1.96. The summed E-state index contributed by atoms with van der Waals surface area (Å²) in [5, 5.41) is 22.7. The van der Waals surface area contributed by atoms with Crippen molar-refractivity contribution in [3.8, 4) is 17.2 Å². The summed E-state index contributed by atoms with van der Waals surface area (Å²) in [4.78, 5) is 10.2. The molecule has 2 aromatic rings. The summed E-state index contributed by atoms with van der Waals surface area (Å²) in [6.07, 6.45) is -0.790. The van der Waals surface area contributed by atoms with Gasteiger partial charge in [0.1, 0.15) is 37.7 Å². The van der Waals surface area contributed by atoms with E-state index < -0.39 is 11.0 Å². The molecule has 3 rings (SSSR count). The highest BCUT2D eigenvalue weighted by atomic mass is 16.6. The van der Waals surface area contributed by atoms with Crippen molar-refractivity contribution in [1.82, 2.24) is 0 Å². The van der Waals surface area contributed by atoms with Crippen molar-refractivity contribution in [2.24, 2.45) is 0 Å². The van der Waals surface area contributed by atoms with Crippen molar-refractivity contribution in [2.75, 3.05) is 19.8 Å². The van der Waals surface area contributed by atoms with Gasteiger partial charge in [-0.25, -0.2) is 0 Å². The molecule has 8 nitrogen and oxygen atoms in total. The molecule has 0 saturated carbocycles. The number of nitro groups is 1. The van der Waals surface area contributed by atoms with Crippen LogP contribution in [0.25, 0.3) is 0 Å². The van der Waals surface area contributed by atoms with Crippen LogP contribution in [0, 0.1) is 10.1 Å². The molecule has 0 unspecified atom stereocenters. The third kappa shape index (κ3) is 5.08. The standard InChI is InChI=1S/C19H22N2O6/c1-13(19-12-26-17-4-2-3-5-18(17)27-19)20-10-15(22)11-25-16-8-6-14(7-9-16)21(23)24/h2-9,13,15,19-20,22H,10-12H2,1H3/p+1/t13-,15-,19+/m0/s1. The molecule has 144 valence electrons. The number of aliphatic hydroxyl groups is 1. The lowest BCUT2D eigenvalue weighted by Gasteiger charge is -2.29. The van der Waals surface area contributed by atoms with E-state index in [4.69, 9.17) is 14.2 Å². The molecule has 3 atom stereocenters. The quantitative estimate of drug-likeness (QED) is 0.529. The predicted molar refractivity (Wildman–Crippen MR) is 97.2 cm³/mol. The number of nitrogens with zero attached hydrogens (tertiary/aromatic N) is 1.